The van der Waals surface area contributed by atoms with E-state index >= 15 is 0 Å². The lowest BCUT2D eigenvalue weighted by Gasteiger charge is -2.37. The van der Waals surface area contributed by atoms with Gasteiger partial charge in [0.05, 0.1) is 10.8 Å². The van der Waals surface area contributed by atoms with Crippen molar-refractivity contribution in [2.45, 2.75) is 43.9 Å². The predicted octanol–water partition coefficient (Wildman–Crippen LogP) is 4.12. The molecule has 0 spiro atoms. The normalized spacial score (nSPS) is 32.8. The highest BCUT2D eigenvalue weighted by Crippen LogP contribution is 2.67. The molecule has 3 nitrogen and oxygen atoms in total. The van der Waals surface area contributed by atoms with Crippen LogP contribution in [0.2, 0.25) is 0 Å². The molecule has 114 valence electrons. The SMILES string of the molecule is CC1(C)[C@@H]2CC[C@@]1(C)[C@H](Sc1ncnc3ccccc13)C2=O. The van der Waals surface area contributed by atoms with Gasteiger partial charge in [-0.3, -0.25) is 4.79 Å². The van der Waals surface area contributed by atoms with Gasteiger partial charge in [-0.2, -0.15) is 0 Å². The van der Waals surface area contributed by atoms with E-state index in [0.29, 0.717) is 5.78 Å². The van der Waals surface area contributed by atoms with E-state index in [1.165, 1.54) is 0 Å². The van der Waals surface area contributed by atoms with Gasteiger partial charge < -0.3 is 0 Å². The van der Waals surface area contributed by atoms with Gasteiger partial charge in [0.1, 0.15) is 17.1 Å². The van der Waals surface area contributed by atoms with Gasteiger partial charge in [-0.25, -0.2) is 9.97 Å². The first kappa shape index (κ1) is 14.2. The lowest BCUT2D eigenvalue weighted by atomic mass is 9.71. The van der Waals surface area contributed by atoms with E-state index in [1.807, 2.05) is 24.3 Å². The topological polar surface area (TPSA) is 42.9 Å². The Hall–Kier alpha value is -1.42. The molecule has 2 fully saturated rings. The molecular weight excluding hydrogens is 292 g/mol. The molecule has 4 rings (SSSR count). The molecule has 2 aliphatic rings. The highest BCUT2D eigenvalue weighted by Gasteiger charge is 2.66. The summed E-state index contributed by atoms with van der Waals surface area (Å²) in [5, 5.41) is 2.00. The second-order valence-corrected chi connectivity index (χ2v) is 8.42. The van der Waals surface area contributed by atoms with Crippen LogP contribution >= 0.6 is 11.8 Å². The second kappa shape index (κ2) is 4.54. The van der Waals surface area contributed by atoms with E-state index in [1.54, 1.807) is 18.1 Å². The maximum Gasteiger partial charge on any atom is 0.150 e. The van der Waals surface area contributed by atoms with Crippen molar-refractivity contribution in [3.8, 4) is 0 Å². The van der Waals surface area contributed by atoms with Crippen molar-refractivity contribution in [2.24, 2.45) is 16.7 Å². The van der Waals surface area contributed by atoms with E-state index in [2.05, 4.69) is 30.7 Å². The van der Waals surface area contributed by atoms with Crippen molar-refractivity contribution in [1.82, 2.24) is 9.97 Å². The average Bonchev–Trinajstić information content (AvgIpc) is 2.81. The monoisotopic (exact) mass is 312 g/mol. The van der Waals surface area contributed by atoms with E-state index in [-0.39, 0.29) is 22.0 Å². The predicted molar refractivity (Wildman–Crippen MR) is 88.8 cm³/mol. The average molecular weight is 312 g/mol. The van der Waals surface area contributed by atoms with Crippen LogP contribution in [0.3, 0.4) is 0 Å². The molecule has 22 heavy (non-hydrogen) atoms. The molecule has 1 aromatic heterocycles. The number of para-hydroxylation sites is 1. The molecule has 2 bridgehead atoms. The number of aromatic nitrogens is 2. The molecule has 3 atom stereocenters. The zero-order chi connectivity index (χ0) is 15.5. The third-order valence-corrected chi connectivity index (χ3v) is 7.75. The van der Waals surface area contributed by atoms with Gasteiger partial charge in [-0.1, -0.05) is 50.7 Å². The summed E-state index contributed by atoms with van der Waals surface area (Å²) in [6, 6.07) is 8.03. The quantitative estimate of drug-likeness (QED) is 0.783. The summed E-state index contributed by atoms with van der Waals surface area (Å²) < 4.78 is 0. The van der Waals surface area contributed by atoms with Crippen LogP contribution in [0.15, 0.2) is 35.6 Å². The molecule has 0 amide bonds. The minimum atomic E-state index is 0.0135. The largest absolute Gasteiger partial charge is 0.298 e. The molecule has 2 aromatic rings. The standard InChI is InChI=1S/C18H20N2OS/c1-17(2)12-8-9-18(17,3)15(14(12)21)22-16-11-6-4-5-7-13(11)19-10-20-16/h4-7,10,12,15H,8-9H2,1-3H3/t12-,15-,18+/m1/s1. The zero-order valence-corrected chi connectivity index (χ0v) is 14.0. The lowest BCUT2D eigenvalue weighted by Crippen LogP contribution is -2.35. The van der Waals surface area contributed by atoms with Gasteiger partial charge >= 0.3 is 0 Å². The molecule has 0 saturated heterocycles. The number of carbonyl (C=O) groups excluding carboxylic acids is 1. The minimum absolute atomic E-state index is 0.0135. The number of carbonyl (C=O) groups is 1. The van der Waals surface area contributed by atoms with E-state index < -0.39 is 0 Å². The number of nitrogens with zero attached hydrogens (tertiary/aromatic N) is 2. The maximum atomic E-state index is 12.9. The van der Waals surface area contributed by atoms with Gasteiger partial charge in [0, 0.05) is 11.3 Å². The molecule has 2 saturated carbocycles. The van der Waals surface area contributed by atoms with E-state index in [4.69, 9.17) is 0 Å². The second-order valence-electron chi connectivity index (χ2n) is 7.33. The summed E-state index contributed by atoms with van der Waals surface area (Å²) in [5.41, 5.74) is 1.09. The summed E-state index contributed by atoms with van der Waals surface area (Å²) in [4.78, 5) is 21.7. The van der Waals surface area contributed by atoms with Crippen LogP contribution in [0.25, 0.3) is 10.9 Å². The molecule has 4 heteroatoms. The van der Waals surface area contributed by atoms with Crippen molar-refractivity contribution in [1.29, 1.82) is 0 Å². The highest BCUT2D eigenvalue weighted by atomic mass is 32.2. The smallest absolute Gasteiger partial charge is 0.150 e. The van der Waals surface area contributed by atoms with Crippen LogP contribution in [0.4, 0.5) is 0 Å². The van der Waals surface area contributed by atoms with Crippen molar-refractivity contribution < 1.29 is 4.79 Å². The third kappa shape index (κ3) is 1.67. The number of hydrogen-bond acceptors (Lipinski definition) is 4. The van der Waals surface area contributed by atoms with Crippen LogP contribution in [0, 0.1) is 16.7 Å². The van der Waals surface area contributed by atoms with E-state index in [0.717, 1.165) is 28.8 Å². The fourth-order valence-corrected chi connectivity index (χ4v) is 5.96. The number of Topliss-reactive ketones (excluding diaryl/α,β-unsaturated/α-hetero) is 1. The Kier molecular flexibility index (Phi) is 2.93. The lowest BCUT2D eigenvalue weighted by molar-refractivity contribution is -0.122. The molecular formula is C18H20N2OS. The Morgan fingerprint density at radius 3 is 2.68 bits per heavy atom. The molecule has 0 N–H and O–H groups in total. The van der Waals surface area contributed by atoms with Crippen LogP contribution < -0.4 is 0 Å². The van der Waals surface area contributed by atoms with Gasteiger partial charge in [0.25, 0.3) is 0 Å². The fourth-order valence-electron chi connectivity index (χ4n) is 4.36. The van der Waals surface area contributed by atoms with E-state index in [9.17, 15) is 4.79 Å². The Morgan fingerprint density at radius 2 is 1.95 bits per heavy atom. The Balaban J connectivity index is 1.76. The first-order chi connectivity index (χ1) is 10.4. The van der Waals surface area contributed by atoms with Gasteiger partial charge in [0.2, 0.25) is 0 Å². The van der Waals surface area contributed by atoms with Crippen molar-refractivity contribution in [2.75, 3.05) is 0 Å². The number of ketones is 1. The van der Waals surface area contributed by atoms with Crippen molar-refractivity contribution >= 4 is 28.4 Å². The summed E-state index contributed by atoms with van der Waals surface area (Å²) in [5.74, 6) is 0.634. The summed E-state index contributed by atoms with van der Waals surface area (Å²) in [6.07, 6.45) is 3.79. The fraction of sp³-hybridized carbons (Fsp3) is 0.500. The summed E-state index contributed by atoms with van der Waals surface area (Å²) >= 11 is 1.65. The Bertz CT molecular complexity index is 767. The zero-order valence-electron chi connectivity index (χ0n) is 13.2. The minimum Gasteiger partial charge on any atom is -0.298 e. The van der Waals surface area contributed by atoms with Crippen LogP contribution in [0.1, 0.15) is 33.6 Å². The van der Waals surface area contributed by atoms with Crippen LogP contribution in [-0.4, -0.2) is 21.0 Å². The third-order valence-electron chi connectivity index (χ3n) is 6.21. The highest BCUT2D eigenvalue weighted by molar-refractivity contribution is 8.00. The van der Waals surface area contributed by atoms with Gasteiger partial charge in [0.15, 0.2) is 0 Å². The number of rotatable bonds is 2. The molecule has 0 aliphatic heterocycles. The first-order valence-electron chi connectivity index (χ1n) is 7.85. The first-order valence-corrected chi connectivity index (χ1v) is 8.73. The number of thioether (sulfide) groups is 1. The molecule has 0 radical (unpaired) electrons. The Morgan fingerprint density at radius 1 is 1.18 bits per heavy atom. The number of hydrogen-bond donors (Lipinski definition) is 0. The summed E-state index contributed by atoms with van der Waals surface area (Å²) in [7, 11) is 0. The van der Waals surface area contributed by atoms with Crippen molar-refractivity contribution in [3.63, 3.8) is 0 Å². The number of fused-ring (bicyclic) bond motifs is 3. The molecule has 2 aliphatic carbocycles. The molecule has 0 unspecified atom stereocenters. The molecule has 1 heterocycles. The number of benzene rings is 1. The molecule has 1 aromatic carbocycles. The summed E-state index contributed by atoms with van der Waals surface area (Å²) in [6.45, 7) is 6.82. The Labute approximate surface area is 134 Å². The van der Waals surface area contributed by atoms with Crippen molar-refractivity contribution in [3.05, 3.63) is 30.6 Å². The maximum absolute atomic E-state index is 12.9. The van der Waals surface area contributed by atoms with Crippen LogP contribution in [0.5, 0.6) is 0 Å². The van der Waals surface area contributed by atoms with Crippen LogP contribution in [-0.2, 0) is 4.79 Å². The van der Waals surface area contributed by atoms with Gasteiger partial charge in [-0.05, 0) is 29.7 Å². The van der Waals surface area contributed by atoms with Gasteiger partial charge in [-0.15, -0.1) is 0 Å².